The van der Waals surface area contributed by atoms with Gasteiger partial charge in [0.05, 0.1) is 11.4 Å². The molecule has 0 aliphatic heterocycles. The highest BCUT2D eigenvalue weighted by Gasteiger charge is 2.28. The summed E-state index contributed by atoms with van der Waals surface area (Å²) in [5.74, 6) is 0.636. The minimum absolute atomic E-state index is 0.0360. The van der Waals surface area contributed by atoms with E-state index in [4.69, 9.17) is 11.1 Å². The van der Waals surface area contributed by atoms with Crippen LogP contribution in [0.5, 0.6) is 0 Å². The van der Waals surface area contributed by atoms with Gasteiger partial charge in [-0.25, -0.2) is 0 Å². The van der Waals surface area contributed by atoms with E-state index in [9.17, 15) is 4.79 Å². The summed E-state index contributed by atoms with van der Waals surface area (Å²) in [4.78, 5) is 16.2. The van der Waals surface area contributed by atoms with E-state index in [0.717, 1.165) is 65.7 Å². The molecule has 1 fully saturated rings. The van der Waals surface area contributed by atoms with Gasteiger partial charge in [-0.05, 0) is 67.2 Å². The molecule has 2 aliphatic rings. The standard InChI is InChI=1S/C26H36N4O/c1-16(17-7-5-4-6-8-17)25(31)29-19-10-9-18-13-23(30-22(18)14-19)24(28)20-11-12-26(2,3)15-21(20)27/h9-10,13-14,16-17,28,30H,4-8,11-12,15,27H2,1-3H3,(H,29,31). The first-order valence-electron chi connectivity index (χ1n) is 11.7. The van der Waals surface area contributed by atoms with Crippen LogP contribution < -0.4 is 11.1 Å². The van der Waals surface area contributed by atoms with Crippen molar-refractivity contribution >= 4 is 28.2 Å². The van der Waals surface area contributed by atoms with Gasteiger partial charge in [-0.1, -0.05) is 46.1 Å². The van der Waals surface area contributed by atoms with E-state index in [2.05, 4.69) is 31.1 Å². The molecule has 31 heavy (non-hydrogen) atoms. The van der Waals surface area contributed by atoms with Crippen molar-refractivity contribution in [1.82, 2.24) is 4.98 Å². The highest BCUT2D eigenvalue weighted by molar-refractivity contribution is 6.12. The smallest absolute Gasteiger partial charge is 0.227 e. The zero-order valence-electron chi connectivity index (χ0n) is 19.1. The van der Waals surface area contributed by atoms with Gasteiger partial charge in [0.25, 0.3) is 0 Å². The summed E-state index contributed by atoms with van der Waals surface area (Å²) >= 11 is 0. The number of allylic oxidation sites excluding steroid dienone is 2. The van der Waals surface area contributed by atoms with Crippen molar-refractivity contribution in [2.24, 2.45) is 23.0 Å². The molecule has 2 aromatic rings. The molecule has 1 saturated carbocycles. The highest BCUT2D eigenvalue weighted by Crippen LogP contribution is 2.38. The lowest BCUT2D eigenvalue weighted by molar-refractivity contribution is -0.121. The van der Waals surface area contributed by atoms with Crippen molar-refractivity contribution in [1.29, 1.82) is 5.41 Å². The molecule has 4 rings (SSSR count). The number of nitrogens with two attached hydrogens (primary N) is 1. The predicted molar refractivity (Wildman–Crippen MR) is 128 cm³/mol. The van der Waals surface area contributed by atoms with Gasteiger partial charge in [0.15, 0.2) is 0 Å². The van der Waals surface area contributed by atoms with Gasteiger partial charge in [0, 0.05) is 28.2 Å². The molecule has 1 aromatic carbocycles. The summed E-state index contributed by atoms with van der Waals surface area (Å²) in [7, 11) is 0. The van der Waals surface area contributed by atoms with Gasteiger partial charge in [-0.3, -0.25) is 10.2 Å². The number of rotatable bonds is 5. The van der Waals surface area contributed by atoms with E-state index in [1.165, 1.54) is 19.3 Å². The number of carbonyl (C=O) groups excluding carboxylic acids is 1. The number of aromatic nitrogens is 1. The number of amides is 1. The topological polar surface area (TPSA) is 94.8 Å². The Hall–Kier alpha value is -2.56. The molecule has 1 amide bonds. The summed E-state index contributed by atoms with van der Waals surface area (Å²) in [6.07, 6.45) is 8.81. The second kappa shape index (κ2) is 8.52. The molecule has 1 aromatic heterocycles. The van der Waals surface area contributed by atoms with Crippen LogP contribution in [-0.4, -0.2) is 16.6 Å². The summed E-state index contributed by atoms with van der Waals surface area (Å²) in [5, 5.41) is 12.9. The lowest BCUT2D eigenvalue weighted by atomic mass is 9.75. The monoisotopic (exact) mass is 420 g/mol. The normalized spacial score (nSPS) is 20.6. The molecule has 0 spiro atoms. The summed E-state index contributed by atoms with van der Waals surface area (Å²) in [5.41, 5.74) is 11.3. The Morgan fingerprint density at radius 2 is 1.97 bits per heavy atom. The average molecular weight is 421 g/mol. The number of carbonyl (C=O) groups is 1. The van der Waals surface area contributed by atoms with Gasteiger partial charge in [0.1, 0.15) is 0 Å². The largest absolute Gasteiger partial charge is 0.402 e. The molecular weight excluding hydrogens is 384 g/mol. The third-order valence-corrected chi connectivity index (χ3v) is 7.34. The first-order chi connectivity index (χ1) is 14.7. The molecule has 0 radical (unpaired) electrons. The minimum Gasteiger partial charge on any atom is -0.402 e. The molecule has 2 aliphatic carbocycles. The maximum Gasteiger partial charge on any atom is 0.227 e. The second-order valence-electron chi connectivity index (χ2n) is 10.4. The SMILES string of the molecule is CC(C(=O)Nc1ccc2cc(C(=N)C3=C(N)CC(C)(C)CC3)[nH]c2c1)C1CCCCC1. The first-order valence-corrected chi connectivity index (χ1v) is 11.7. The zero-order chi connectivity index (χ0) is 22.2. The Labute approximate surface area is 185 Å². The number of nitrogens with one attached hydrogen (secondary N) is 3. The number of benzene rings is 1. The van der Waals surface area contributed by atoms with Gasteiger partial charge >= 0.3 is 0 Å². The van der Waals surface area contributed by atoms with Crippen molar-refractivity contribution in [2.45, 2.75) is 72.1 Å². The van der Waals surface area contributed by atoms with Gasteiger partial charge in [0.2, 0.25) is 5.91 Å². The first kappa shape index (κ1) is 21.7. The van der Waals surface area contributed by atoms with Crippen molar-refractivity contribution in [2.75, 3.05) is 5.32 Å². The number of anilines is 1. The molecule has 5 heteroatoms. The van der Waals surface area contributed by atoms with Crippen LogP contribution in [0.25, 0.3) is 10.9 Å². The lowest BCUT2D eigenvalue weighted by Gasteiger charge is -2.31. The number of fused-ring (bicyclic) bond motifs is 1. The Kier molecular flexibility index (Phi) is 5.96. The van der Waals surface area contributed by atoms with E-state index < -0.39 is 0 Å². The Morgan fingerprint density at radius 1 is 1.23 bits per heavy atom. The van der Waals surface area contributed by atoms with Crippen LogP contribution in [0.2, 0.25) is 0 Å². The number of H-pyrrole nitrogens is 1. The van der Waals surface area contributed by atoms with Crippen molar-refractivity contribution in [3.05, 3.63) is 41.2 Å². The van der Waals surface area contributed by atoms with E-state index in [0.29, 0.717) is 11.6 Å². The van der Waals surface area contributed by atoms with E-state index in [-0.39, 0.29) is 17.2 Å². The van der Waals surface area contributed by atoms with E-state index >= 15 is 0 Å². The molecule has 0 saturated heterocycles. The number of aromatic amines is 1. The van der Waals surface area contributed by atoms with Crippen molar-refractivity contribution < 1.29 is 4.79 Å². The molecule has 5 N–H and O–H groups in total. The zero-order valence-corrected chi connectivity index (χ0v) is 19.1. The number of hydrogen-bond donors (Lipinski definition) is 4. The van der Waals surface area contributed by atoms with Crippen molar-refractivity contribution in [3.63, 3.8) is 0 Å². The molecule has 5 nitrogen and oxygen atoms in total. The molecule has 0 bridgehead atoms. The Morgan fingerprint density at radius 3 is 2.68 bits per heavy atom. The Balaban J connectivity index is 1.49. The van der Waals surface area contributed by atoms with Crippen molar-refractivity contribution in [3.8, 4) is 0 Å². The molecule has 1 heterocycles. The minimum atomic E-state index is 0.0360. The summed E-state index contributed by atoms with van der Waals surface area (Å²) in [6, 6.07) is 7.93. The van der Waals surface area contributed by atoms with Crippen LogP contribution in [0.4, 0.5) is 5.69 Å². The van der Waals surface area contributed by atoms with E-state index in [1.807, 2.05) is 24.3 Å². The van der Waals surface area contributed by atoms with Gasteiger partial charge < -0.3 is 16.0 Å². The van der Waals surface area contributed by atoms with Crippen LogP contribution in [0, 0.1) is 22.7 Å². The van der Waals surface area contributed by atoms with Crippen LogP contribution >= 0.6 is 0 Å². The fourth-order valence-electron chi connectivity index (χ4n) is 5.23. The Bertz CT molecular complexity index is 1020. The molecule has 166 valence electrons. The lowest BCUT2D eigenvalue weighted by Crippen LogP contribution is -2.28. The maximum absolute atomic E-state index is 12.8. The average Bonchev–Trinajstić information content (AvgIpc) is 3.16. The quantitative estimate of drug-likeness (QED) is 0.439. The molecule has 1 unspecified atom stereocenters. The highest BCUT2D eigenvalue weighted by atomic mass is 16.1. The molecule has 1 atom stereocenters. The third kappa shape index (κ3) is 4.70. The van der Waals surface area contributed by atoms with Crippen LogP contribution in [0.1, 0.15) is 77.8 Å². The van der Waals surface area contributed by atoms with Gasteiger partial charge in [-0.2, -0.15) is 0 Å². The van der Waals surface area contributed by atoms with Crippen LogP contribution in [0.15, 0.2) is 35.5 Å². The summed E-state index contributed by atoms with van der Waals surface area (Å²) in [6.45, 7) is 6.52. The second-order valence-corrected chi connectivity index (χ2v) is 10.4. The van der Waals surface area contributed by atoms with Gasteiger partial charge in [-0.15, -0.1) is 0 Å². The van der Waals surface area contributed by atoms with Crippen LogP contribution in [0.3, 0.4) is 0 Å². The number of hydrogen-bond acceptors (Lipinski definition) is 3. The maximum atomic E-state index is 12.8. The fourth-order valence-corrected chi connectivity index (χ4v) is 5.23. The third-order valence-electron chi connectivity index (χ3n) is 7.34. The summed E-state index contributed by atoms with van der Waals surface area (Å²) < 4.78 is 0. The van der Waals surface area contributed by atoms with Crippen LogP contribution in [-0.2, 0) is 4.79 Å². The molecular formula is C26H36N4O. The van der Waals surface area contributed by atoms with E-state index in [1.54, 1.807) is 0 Å². The fraction of sp³-hybridized carbons (Fsp3) is 0.538. The predicted octanol–water partition coefficient (Wildman–Crippen LogP) is 6.11.